The molecule has 1 aliphatic heterocycles. The van der Waals surface area contributed by atoms with Crippen molar-refractivity contribution in [3.63, 3.8) is 0 Å². The van der Waals surface area contributed by atoms with Gasteiger partial charge >= 0.3 is 5.97 Å². The minimum atomic E-state index is -1.06. The van der Waals surface area contributed by atoms with Crippen LogP contribution >= 0.6 is 11.6 Å². The van der Waals surface area contributed by atoms with Crippen molar-refractivity contribution in [2.75, 3.05) is 18.0 Å². The summed E-state index contributed by atoms with van der Waals surface area (Å²) in [5, 5.41) is 19.7. The summed E-state index contributed by atoms with van der Waals surface area (Å²) in [5.74, 6) is -0.00732. The summed E-state index contributed by atoms with van der Waals surface area (Å²) in [5.41, 5.74) is 0.696. The molecule has 1 unspecified atom stereocenters. The SMILES string of the molecule is CC(O)[C@H]1CCN(c2ccc3c(C(=O)O)c(Cl)ccc3n2)C1. The first-order valence-corrected chi connectivity index (χ1v) is 7.60. The van der Waals surface area contributed by atoms with E-state index in [0.29, 0.717) is 10.9 Å². The van der Waals surface area contributed by atoms with Gasteiger partial charge in [-0.3, -0.25) is 0 Å². The number of aliphatic hydroxyl groups is 1. The Morgan fingerprint density at radius 3 is 2.82 bits per heavy atom. The molecule has 0 bridgehead atoms. The molecule has 2 N–H and O–H groups in total. The molecular formula is C16H17ClN2O3. The number of nitrogens with zero attached hydrogens (tertiary/aromatic N) is 2. The van der Waals surface area contributed by atoms with Crippen LogP contribution in [0.25, 0.3) is 10.9 Å². The van der Waals surface area contributed by atoms with Gasteiger partial charge in [0.25, 0.3) is 0 Å². The molecule has 1 aliphatic rings. The first-order valence-electron chi connectivity index (χ1n) is 7.23. The van der Waals surface area contributed by atoms with Gasteiger partial charge in [0.1, 0.15) is 5.82 Å². The molecule has 3 rings (SSSR count). The van der Waals surface area contributed by atoms with E-state index in [1.165, 1.54) is 0 Å². The molecule has 1 fully saturated rings. The highest BCUT2D eigenvalue weighted by Gasteiger charge is 2.27. The lowest BCUT2D eigenvalue weighted by molar-refractivity contribution is 0.0699. The third kappa shape index (κ3) is 2.62. The first-order chi connectivity index (χ1) is 10.5. The zero-order valence-electron chi connectivity index (χ0n) is 12.2. The molecule has 1 aromatic carbocycles. The molecule has 0 amide bonds. The molecule has 2 atom stereocenters. The van der Waals surface area contributed by atoms with Gasteiger partial charge in [-0.25, -0.2) is 9.78 Å². The van der Waals surface area contributed by atoms with Gasteiger partial charge < -0.3 is 15.1 Å². The summed E-state index contributed by atoms with van der Waals surface area (Å²) in [6.07, 6.45) is 0.598. The van der Waals surface area contributed by atoms with E-state index >= 15 is 0 Å². The number of aromatic nitrogens is 1. The van der Waals surface area contributed by atoms with Crippen LogP contribution in [0.3, 0.4) is 0 Å². The van der Waals surface area contributed by atoms with Gasteiger partial charge in [0.2, 0.25) is 0 Å². The molecule has 0 spiro atoms. The number of aliphatic hydroxyl groups excluding tert-OH is 1. The number of anilines is 1. The van der Waals surface area contributed by atoms with Crippen LogP contribution in [0, 0.1) is 5.92 Å². The van der Waals surface area contributed by atoms with Gasteiger partial charge in [0.05, 0.1) is 22.2 Å². The quantitative estimate of drug-likeness (QED) is 0.909. The molecule has 0 radical (unpaired) electrons. The van der Waals surface area contributed by atoms with Crippen LogP contribution in [0.2, 0.25) is 5.02 Å². The number of aromatic carboxylic acids is 1. The minimum absolute atomic E-state index is 0.0847. The Balaban J connectivity index is 1.98. The van der Waals surface area contributed by atoms with Crippen LogP contribution in [0.1, 0.15) is 23.7 Å². The van der Waals surface area contributed by atoms with E-state index in [9.17, 15) is 15.0 Å². The number of halogens is 1. The predicted octanol–water partition coefficient (Wildman–Crippen LogP) is 2.79. The van der Waals surface area contributed by atoms with Crippen molar-refractivity contribution in [1.29, 1.82) is 0 Å². The van der Waals surface area contributed by atoms with Gasteiger partial charge in [-0.05, 0) is 37.6 Å². The summed E-state index contributed by atoms with van der Waals surface area (Å²) >= 11 is 5.97. The first kappa shape index (κ1) is 15.1. The van der Waals surface area contributed by atoms with E-state index in [1.807, 2.05) is 13.0 Å². The maximum Gasteiger partial charge on any atom is 0.337 e. The molecule has 0 saturated carbocycles. The van der Waals surface area contributed by atoms with Crippen molar-refractivity contribution in [2.24, 2.45) is 5.92 Å². The highest BCUT2D eigenvalue weighted by Crippen LogP contribution is 2.29. The van der Waals surface area contributed by atoms with Crippen LogP contribution in [-0.4, -0.2) is 40.4 Å². The Morgan fingerprint density at radius 1 is 1.41 bits per heavy atom. The standard InChI is InChI=1S/C16H17ClN2O3/c1-9(20)10-6-7-19(8-10)14-5-2-11-13(18-14)4-3-12(17)15(11)16(21)22/h2-5,9-10,20H,6-8H2,1H3,(H,21,22)/t9?,10-/m0/s1. The Labute approximate surface area is 133 Å². The monoisotopic (exact) mass is 320 g/mol. The fourth-order valence-corrected chi connectivity index (χ4v) is 3.19. The highest BCUT2D eigenvalue weighted by molar-refractivity contribution is 6.35. The molecule has 5 nitrogen and oxygen atoms in total. The smallest absolute Gasteiger partial charge is 0.337 e. The number of carboxylic acid groups (broad SMARTS) is 1. The number of fused-ring (bicyclic) bond motifs is 1. The van der Waals surface area contributed by atoms with E-state index in [0.717, 1.165) is 25.3 Å². The summed E-state index contributed by atoms with van der Waals surface area (Å²) in [4.78, 5) is 18.0. The third-order valence-electron chi connectivity index (χ3n) is 4.25. The number of carboxylic acids is 1. The molecule has 116 valence electrons. The van der Waals surface area contributed by atoms with Crippen molar-refractivity contribution in [3.05, 3.63) is 34.9 Å². The fourth-order valence-electron chi connectivity index (χ4n) is 2.95. The van der Waals surface area contributed by atoms with Gasteiger partial charge in [-0.1, -0.05) is 11.6 Å². The third-order valence-corrected chi connectivity index (χ3v) is 4.57. The van der Waals surface area contributed by atoms with Crippen molar-refractivity contribution in [3.8, 4) is 0 Å². The fraction of sp³-hybridized carbons (Fsp3) is 0.375. The van der Waals surface area contributed by atoms with Gasteiger partial charge in [0.15, 0.2) is 0 Å². The summed E-state index contributed by atoms with van der Waals surface area (Å²) < 4.78 is 0. The molecule has 22 heavy (non-hydrogen) atoms. The number of carbonyl (C=O) groups is 1. The number of benzene rings is 1. The van der Waals surface area contributed by atoms with E-state index in [2.05, 4.69) is 9.88 Å². The van der Waals surface area contributed by atoms with E-state index in [4.69, 9.17) is 11.6 Å². The van der Waals surface area contributed by atoms with Crippen LogP contribution in [-0.2, 0) is 0 Å². The molecular weight excluding hydrogens is 304 g/mol. The normalized spacial score (nSPS) is 19.6. The second-order valence-electron chi connectivity index (χ2n) is 5.70. The number of pyridine rings is 1. The van der Waals surface area contributed by atoms with Crippen molar-refractivity contribution < 1.29 is 15.0 Å². The number of hydrogen-bond acceptors (Lipinski definition) is 4. The lowest BCUT2D eigenvalue weighted by Gasteiger charge is -2.19. The lowest BCUT2D eigenvalue weighted by atomic mass is 10.0. The van der Waals surface area contributed by atoms with E-state index < -0.39 is 5.97 Å². The second kappa shape index (κ2) is 5.74. The number of hydrogen-bond donors (Lipinski definition) is 2. The van der Waals surface area contributed by atoms with Crippen molar-refractivity contribution >= 4 is 34.3 Å². The molecule has 2 heterocycles. The van der Waals surface area contributed by atoms with Crippen LogP contribution < -0.4 is 4.90 Å². The Kier molecular flexibility index (Phi) is 3.93. The summed E-state index contributed by atoms with van der Waals surface area (Å²) in [6, 6.07) is 6.86. The Bertz CT molecular complexity index is 733. The van der Waals surface area contributed by atoms with Crippen molar-refractivity contribution in [1.82, 2.24) is 4.98 Å². The van der Waals surface area contributed by atoms with E-state index in [-0.39, 0.29) is 22.6 Å². The molecule has 0 aliphatic carbocycles. The highest BCUT2D eigenvalue weighted by atomic mass is 35.5. The Morgan fingerprint density at radius 2 is 2.18 bits per heavy atom. The molecule has 2 aromatic rings. The van der Waals surface area contributed by atoms with Crippen molar-refractivity contribution in [2.45, 2.75) is 19.4 Å². The maximum atomic E-state index is 11.3. The van der Waals surface area contributed by atoms with Crippen LogP contribution in [0.15, 0.2) is 24.3 Å². The van der Waals surface area contributed by atoms with Gasteiger partial charge in [0, 0.05) is 24.4 Å². The lowest BCUT2D eigenvalue weighted by Crippen LogP contribution is -2.24. The number of rotatable bonds is 3. The predicted molar refractivity (Wildman–Crippen MR) is 85.7 cm³/mol. The minimum Gasteiger partial charge on any atom is -0.478 e. The van der Waals surface area contributed by atoms with Crippen LogP contribution in [0.5, 0.6) is 0 Å². The zero-order chi connectivity index (χ0) is 15.9. The molecule has 1 saturated heterocycles. The van der Waals surface area contributed by atoms with E-state index in [1.54, 1.807) is 18.2 Å². The second-order valence-corrected chi connectivity index (χ2v) is 6.11. The van der Waals surface area contributed by atoms with Gasteiger partial charge in [-0.15, -0.1) is 0 Å². The summed E-state index contributed by atoms with van der Waals surface area (Å²) in [7, 11) is 0. The zero-order valence-corrected chi connectivity index (χ0v) is 12.9. The maximum absolute atomic E-state index is 11.3. The average molecular weight is 321 g/mol. The largest absolute Gasteiger partial charge is 0.478 e. The molecule has 1 aromatic heterocycles. The summed E-state index contributed by atoms with van der Waals surface area (Å²) in [6.45, 7) is 3.41. The Hall–Kier alpha value is -1.85. The van der Waals surface area contributed by atoms with Crippen LogP contribution in [0.4, 0.5) is 5.82 Å². The van der Waals surface area contributed by atoms with Gasteiger partial charge in [-0.2, -0.15) is 0 Å². The topological polar surface area (TPSA) is 73.7 Å². The molecule has 6 heteroatoms. The average Bonchev–Trinajstić information content (AvgIpc) is 2.96.